The summed E-state index contributed by atoms with van der Waals surface area (Å²) in [6.07, 6.45) is 2.55. The fourth-order valence-corrected chi connectivity index (χ4v) is 3.44. The van der Waals surface area contributed by atoms with E-state index in [1.165, 1.54) is 4.57 Å². The van der Waals surface area contributed by atoms with Crippen LogP contribution in [0.4, 0.5) is 0 Å². The number of aliphatic hydroxyl groups is 1. The molecule has 1 unspecified atom stereocenters. The maximum atomic E-state index is 13.0. The zero-order chi connectivity index (χ0) is 21.8. The van der Waals surface area contributed by atoms with Crippen molar-refractivity contribution in [2.75, 3.05) is 13.2 Å². The molecule has 0 spiro atoms. The van der Waals surface area contributed by atoms with Gasteiger partial charge in [0.25, 0.3) is 5.56 Å². The maximum Gasteiger partial charge on any atom is 0.276 e. The number of aromatic nitrogens is 3. The predicted molar refractivity (Wildman–Crippen MR) is 119 cm³/mol. The smallest absolute Gasteiger partial charge is 0.276 e. The molecule has 31 heavy (non-hydrogen) atoms. The van der Waals surface area contributed by atoms with Gasteiger partial charge in [0.1, 0.15) is 17.0 Å². The van der Waals surface area contributed by atoms with Gasteiger partial charge in [-0.05, 0) is 61.9 Å². The average molecular weight is 419 g/mol. The van der Waals surface area contributed by atoms with Crippen LogP contribution in [0.3, 0.4) is 0 Å². The monoisotopic (exact) mass is 419 g/mol. The van der Waals surface area contributed by atoms with E-state index < -0.39 is 6.10 Å². The van der Waals surface area contributed by atoms with Gasteiger partial charge in [-0.15, -0.1) is 0 Å². The summed E-state index contributed by atoms with van der Waals surface area (Å²) in [4.78, 5) is 13.0. The van der Waals surface area contributed by atoms with Crippen LogP contribution in [0.25, 0.3) is 16.8 Å². The van der Waals surface area contributed by atoms with Gasteiger partial charge in [0.2, 0.25) is 0 Å². The molecule has 0 amide bonds. The molecule has 0 aliphatic heterocycles. The van der Waals surface area contributed by atoms with Gasteiger partial charge in [0, 0.05) is 18.0 Å². The Bertz CT molecular complexity index is 1210. The number of hydrogen-bond acceptors (Lipinski definition) is 5. The van der Waals surface area contributed by atoms with Crippen LogP contribution in [-0.2, 0) is 6.54 Å². The fraction of sp³-hybridized carbons (Fsp3) is 0.250. The van der Waals surface area contributed by atoms with Crippen molar-refractivity contribution in [2.45, 2.75) is 26.5 Å². The first-order valence-electron chi connectivity index (χ1n) is 10.3. The highest BCUT2D eigenvalue weighted by molar-refractivity contribution is 5.66. The molecule has 0 aliphatic rings. The van der Waals surface area contributed by atoms with Crippen LogP contribution in [-0.4, -0.2) is 32.5 Å². The Morgan fingerprint density at radius 1 is 0.935 bits per heavy atom. The van der Waals surface area contributed by atoms with Gasteiger partial charge >= 0.3 is 0 Å². The molecule has 0 fully saturated rings. The molecule has 4 rings (SSSR count). The number of ether oxygens (including phenoxy) is 2. The van der Waals surface area contributed by atoms with Crippen LogP contribution >= 0.6 is 0 Å². The van der Waals surface area contributed by atoms with Crippen LogP contribution < -0.4 is 15.0 Å². The van der Waals surface area contributed by atoms with E-state index in [0.717, 1.165) is 22.6 Å². The third-order valence-electron chi connectivity index (χ3n) is 5.01. The van der Waals surface area contributed by atoms with Crippen LogP contribution in [0.1, 0.15) is 25.5 Å². The van der Waals surface area contributed by atoms with Crippen molar-refractivity contribution >= 4 is 5.52 Å². The van der Waals surface area contributed by atoms with Crippen LogP contribution in [0.5, 0.6) is 11.5 Å². The minimum absolute atomic E-state index is 0.146. The summed E-state index contributed by atoms with van der Waals surface area (Å²) in [6.45, 7) is 5.20. The highest BCUT2D eigenvalue weighted by atomic mass is 16.5. The largest absolute Gasteiger partial charge is 0.494 e. The Balaban J connectivity index is 1.57. The molecule has 0 saturated carbocycles. The van der Waals surface area contributed by atoms with E-state index in [2.05, 4.69) is 5.10 Å². The number of fused-ring (bicyclic) bond motifs is 1. The summed E-state index contributed by atoms with van der Waals surface area (Å²) < 4.78 is 14.0. The summed E-state index contributed by atoms with van der Waals surface area (Å²) in [5.74, 6) is 1.54. The van der Waals surface area contributed by atoms with E-state index in [4.69, 9.17) is 9.47 Å². The lowest BCUT2D eigenvalue weighted by molar-refractivity contribution is 0.155. The number of hydrogen-bond donors (Lipinski definition) is 1. The van der Waals surface area contributed by atoms with Gasteiger partial charge in [-0.2, -0.15) is 5.10 Å². The Morgan fingerprint density at radius 2 is 1.55 bits per heavy atom. The topological polar surface area (TPSA) is 78.0 Å². The van der Waals surface area contributed by atoms with Crippen LogP contribution in [0.2, 0.25) is 0 Å². The lowest BCUT2D eigenvalue weighted by Gasteiger charge is -2.14. The van der Waals surface area contributed by atoms with Gasteiger partial charge in [0.05, 0.1) is 31.6 Å². The number of rotatable bonds is 8. The second-order valence-electron chi connectivity index (χ2n) is 7.09. The Morgan fingerprint density at radius 3 is 2.16 bits per heavy atom. The molecule has 0 aliphatic carbocycles. The molecule has 1 N–H and O–H groups in total. The first-order chi connectivity index (χ1) is 15.1. The first-order valence-corrected chi connectivity index (χ1v) is 10.3. The summed E-state index contributed by atoms with van der Waals surface area (Å²) in [6, 6.07) is 16.6. The third-order valence-corrected chi connectivity index (χ3v) is 5.01. The zero-order valence-corrected chi connectivity index (χ0v) is 17.6. The van der Waals surface area contributed by atoms with Crippen LogP contribution in [0, 0.1) is 0 Å². The van der Waals surface area contributed by atoms with Crippen molar-refractivity contribution in [1.82, 2.24) is 14.2 Å². The van der Waals surface area contributed by atoms with Gasteiger partial charge in [-0.3, -0.25) is 4.79 Å². The van der Waals surface area contributed by atoms with Crippen molar-refractivity contribution in [2.24, 2.45) is 0 Å². The SMILES string of the molecule is CCOc1ccc(-c2cc3c(=O)n(CC(O)c4ccc(OCC)cc4)ccn3n2)cc1. The van der Waals surface area contributed by atoms with E-state index >= 15 is 0 Å². The molecule has 7 nitrogen and oxygen atoms in total. The first kappa shape index (κ1) is 20.7. The summed E-state index contributed by atoms with van der Waals surface area (Å²) in [5, 5.41) is 15.1. The molecular weight excluding hydrogens is 394 g/mol. The second kappa shape index (κ2) is 9.06. The number of aliphatic hydroxyl groups excluding tert-OH is 1. The van der Waals surface area contributed by atoms with Crippen LogP contribution in [0.15, 0.2) is 71.8 Å². The van der Waals surface area contributed by atoms with E-state index in [9.17, 15) is 9.90 Å². The second-order valence-corrected chi connectivity index (χ2v) is 7.09. The van der Waals surface area contributed by atoms with Gasteiger partial charge in [0.15, 0.2) is 0 Å². The fourth-order valence-electron chi connectivity index (χ4n) is 3.44. The van der Waals surface area contributed by atoms with Gasteiger partial charge in [-0.25, -0.2) is 4.52 Å². The average Bonchev–Trinajstić information content (AvgIpc) is 3.22. The molecule has 2 heterocycles. The molecule has 1 atom stereocenters. The van der Waals surface area contributed by atoms with Gasteiger partial charge < -0.3 is 19.1 Å². The molecule has 0 bridgehead atoms. The molecular formula is C24H25N3O4. The van der Waals surface area contributed by atoms with Crippen molar-refractivity contribution in [1.29, 1.82) is 0 Å². The number of benzene rings is 2. The zero-order valence-electron chi connectivity index (χ0n) is 17.6. The van der Waals surface area contributed by atoms with E-state index in [-0.39, 0.29) is 12.1 Å². The van der Waals surface area contributed by atoms with E-state index in [0.29, 0.717) is 24.4 Å². The lowest BCUT2D eigenvalue weighted by atomic mass is 10.1. The molecule has 2 aromatic carbocycles. The molecule has 0 radical (unpaired) electrons. The number of nitrogens with zero attached hydrogens (tertiary/aromatic N) is 3. The van der Waals surface area contributed by atoms with E-state index in [1.54, 1.807) is 23.0 Å². The summed E-state index contributed by atoms with van der Waals surface area (Å²) in [5.41, 5.74) is 2.55. The summed E-state index contributed by atoms with van der Waals surface area (Å²) in [7, 11) is 0. The highest BCUT2D eigenvalue weighted by Crippen LogP contribution is 2.22. The quantitative estimate of drug-likeness (QED) is 0.471. The molecule has 4 aromatic rings. The minimum atomic E-state index is -0.815. The molecule has 2 aromatic heterocycles. The van der Waals surface area contributed by atoms with Crippen molar-refractivity contribution in [3.05, 3.63) is 82.9 Å². The van der Waals surface area contributed by atoms with Crippen molar-refractivity contribution in [3.63, 3.8) is 0 Å². The Labute approximate surface area is 180 Å². The molecule has 7 heteroatoms. The lowest BCUT2D eigenvalue weighted by Crippen LogP contribution is -2.24. The maximum absolute atomic E-state index is 13.0. The predicted octanol–water partition coefficient (Wildman–Crippen LogP) is 3.69. The molecule has 160 valence electrons. The van der Waals surface area contributed by atoms with Crippen molar-refractivity contribution in [3.8, 4) is 22.8 Å². The van der Waals surface area contributed by atoms with E-state index in [1.807, 2.05) is 62.4 Å². The minimum Gasteiger partial charge on any atom is -0.494 e. The standard InChI is InChI=1S/C24H25N3O4/c1-3-30-19-9-5-17(6-10-19)21-15-22-24(29)26(13-14-27(22)25-21)16-23(28)18-7-11-20(12-8-18)31-4-2/h5-15,23,28H,3-4,16H2,1-2H3. The summed E-state index contributed by atoms with van der Waals surface area (Å²) >= 11 is 0. The van der Waals surface area contributed by atoms with Gasteiger partial charge in [-0.1, -0.05) is 12.1 Å². The molecule has 0 saturated heterocycles. The normalized spacial score (nSPS) is 12.1. The Kier molecular flexibility index (Phi) is 6.04. The third kappa shape index (κ3) is 4.46. The Hall–Kier alpha value is -3.58. The van der Waals surface area contributed by atoms with Crippen molar-refractivity contribution < 1.29 is 14.6 Å². The highest BCUT2D eigenvalue weighted by Gasteiger charge is 2.13.